The molecule has 0 bridgehead atoms. The average molecular weight is 473 g/mol. The Labute approximate surface area is 211 Å². The maximum absolute atomic E-state index is 6.19. The Morgan fingerprint density at radius 1 is 0.861 bits per heavy atom. The van der Waals surface area contributed by atoms with Crippen LogP contribution in [-0.4, -0.2) is 15.2 Å². The number of nitrogens with zero attached hydrogens (tertiary/aromatic N) is 2. The van der Waals surface area contributed by atoms with Gasteiger partial charge in [0.05, 0.1) is 23.4 Å². The third-order valence-electron chi connectivity index (χ3n) is 6.57. The topological polar surface area (TPSA) is 36.3 Å². The summed E-state index contributed by atoms with van der Waals surface area (Å²) in [5.74, 6) is 1.74. The minimum Gasteiger partial charge on any atom is -0.489 e. The molecule has 1 unspecified atom stereocenters. The van der Waals surface area contributed by atoms with E-state index in [1.165, 1.54) is 0 Å². The Hall–Kier alpha value is -4.31. The van der Waals surface area contributed by atoms with Crippen LogP contribution in [0.5, 0.6) is 11.5 Å². The average Bonchev–Trinajstić information content (AvgIpc) is 3.32. The summed E-state index contributed by atoms with van der Waals surface area (Å²) in [7, 11) is 0. The Morgan fingerprint density at radius 2 is 1.67 bits per heavy atom. The molecule has 0 saturated carbocycles. The summed E-state index contributed by atoms with van der Waals surface area (Å²) in [6.07, 6.45) is 6.20. The SMILES string of the molecule is CC1(C)C=Cc2cc(C(c3cccc(OCc4ccccc4)c3)n3cnc4ccccc43)ccc2O1. The predicted molar refractivity (Wildman–Crippen MR) is 144 cm³/mol. The second kappa shape index (κ2) is 9.04. The van der Waals surface area contributed by atoms with Crippen molar-refractivity contribution in [3.63, 3.8) is 0 Å². The van der Waals surface area contributed by atoms with E-state index in [4.69, 9.17) is 9.47 Å². The van der Waals surface area contributed by atoms with Crippen molar-refractivity contribution in [1.29, 1.82) is 0 Å². The van der Waals surface area contributed by atoms with Gasteiger partial charge in [-0.2, -0.15) is 0 Å². The lowest BCUT2D eigenvalue weighted by Crippen LogP contribution is -2.27. The fourth-order valence-corrected chi connectivity index (χ4v) is 4.78. The molecular formula is C32H28N2O2. The fraction of sp³-hybridized carbons (Fsp3) is 0.156. The Morgan fingerprint density at radius 3 is 2.56 bits per heavy atom. The van der Waals surface area contributed by atoms with E-state index >= 15 is 0 Å². The van der Waals surface area contributed by atoms with Gasteiger partial charge in [0.15, 0.2) is 0 Å². The van der Waals surface area contributed by atoms with Crippen molar-refractivity contribution in [1.82, 2.24) is 9.55 Å². The largest absolute Gasteiger partial charge is 0.489 e. The van der Waals surface area contributed by atoms with Crippen molar-refractivity contribution >= 4 is 17.1 Å². The summed E-state index contributed by atoms with van der Waals surface area (Å²) in [6.45, 7) is 4.67. The Balaban J connectivity index is 1.42. The number of hydrogen-bond acceptors (Lipinski definition) is 3. The molecule has 6 rings (SSSR count). The minimum absolute atomic E-state index is 0.0775. The van der Waals surface area contributed by atoms with Crippen LogP contribution in [0.25, 0.3) is 17.1 Å². The molecule has 1 aromatic heterocycles. The van der Waals surface area contributed by atoms with Crippen molar-refractivity contribution in [2.75, 3.05) is 0 Å². The first-order valence-electron chi connectivity index (χ1n) is 12.3. The smallest absolute Gasteiger partial charge is 0.127 e. The van der Waals surface area contributed by atoms with Gasteiger partial charge >= 0.3 is 0 Å². The predicted octanol–water partition coefficient (Wildman–Crippen LogP) is 7.44. The van der Waals surface area contributed by atoms with Gasteiger partial charge in [0, 0.05) is 5.56 Å². The molecule has 0 N–H and O–H groups in total. The van der Waals surface area contributed by atoms with Gasteiger partial charge in [0.25, 0.3) is 0 Å². The first kappa shape index (κ1) is 22.2. The molecule has 0 saturated heterocycles. The van der Waals surface area contributed by atoms with Gasteiger partial charge in [-0.25, -0.2) is 4.98 Å². The molecule has 0 fully saturated rings. The maximum atomic E-state index is 6.19. The molecule has 4 heteroatoms. The van der Waals surface area contributed by atoms with E-state index in [-0.39, 0.29) is 11.6 Å². The minimum atomic E-state index is -0.307. The van der Waals surface area contributed by atoms with E-state index in [2.05, 4.69) is 96.2 Å². The molecular weight excluding hydrogens is 444 g/mol. The van der Waals surface area contributed by atoms with Crippen molar-refractivity contribution in [3.05, 3.63) is 132 Å². The number of hydrogen-bond donors (Lipinski definition) is 0. The van der Waals surface area contributed by atoms with Crippen molar-refractivity contribution < 1.29 is 9.47 Å². The lowest BCUT2D eigenvalue weighted by molar-refractivity contribution is 0.159. The van der Waals surface area contributed by atoms with Crippen LogP contribution >= 0.6 is 0 Å². The zero-order chi connectivity index (χ0) is 24.5. The number of rotatable bonds is 6. The molecule has 5 aromatic rings. The van der Waals surface area contributed by atoms with Crippen LogP contribution in [0, 0.1) is 0 Å². The van der Waals surface area contributed by atoms with E-state index in [1.807, 2.05) is 42.7 Å². The molecule has 0 radical (unpaired) electrons. The summed E-state index contributed by atoms with van der Waals surface area (Å²) in [4.78, 5) is 4.69. The molecule has 0 amide bonds. The quantitative estimate of drug-likeness (QED) is 0.258. The van der Waals surface area contributed by atoms with Gasteiger partial charge in [-0.3, -0.25) is 0 Å². The Kier molecular flexibility index (Phi) is 5.57. The molecule has 1 aliphatic heterocycles. The molecule has 1 aliphatic rings. The van der Waals surface area contributed by atoms with Gasteiger partial charge in [0.1, 0.15) is 23.7 Å². The maximum Gasteiger partial charge on any atom is 0.127 e. The summed E-state index contributed by atoms with van der Waals surface area (Å²) >= 11 is 0. The highest BCUT2D eigenvalue weighted by Crippen LogP contribution is 2.37. The first-order chi connectivity index (χ1) is 17.6. The van der Waals surface area contributed by atoms with Gasteiger partial charge in [-0.05, 0) is 73.0 Å². The van der Waals surface area contributed by atoms with Crippen molar-refractivity contribution in [2.24, 2.45) is 0 Å². The summed E-state index contributed by atoms with van der Waals surface area (Å²) < 4.78 is 14.6. The molecule has 178 valence electrons. The number of ether oxygens (including phenoxy) is 2. The fourth-order valence-electron chi connectivity index (χ4n) is 4.78. The molecule has 36 heavy (non-hydrogen) atoms. The van der Waals surface area contributed by atoms with Gasteiger partial charge in [-0.15, -0.1) is 0 Å². The van der Waals surface area contributed by atoms with E-state index in [0.29, 0.717) is 6.61 Å². The van der Waals surface area contributed by atoms with Gasteiger partial charge in [-0.1, -0.05) is 66.7 Å². The van der Waals surface area contributed by atoms with Crippen molar-refractivity contribution in [3.8, 4) is 11.5 Å². The lowest BCUT2D eigenvalue weighted by Gasteiger charge is -2.29. The Bertz CT molecular complexity index is 1550. The zero-order valence-corrected chi connectivity index (χ0v) is 20.5. The highest BCUT2D eigenvalue weighted by molar-refractivity contribution is 5.76. The van der Waals surface area contributed by atoms with Crippen LogP contribution in [0.15, 0.2) is 109 Å². The second-order valence-corrected chi connectivity index (χ2v) is 9.73. The third-order valence-corrected chi connectivity index (χ3v) is 6.57. The molecule has 2 heterocycles. The highest BCUT2D eigenvalue weighted by Gasteiger charge is 2.24. The van der Waals surface area contributed by atoms with E-state index in [9.17, 15) is 0 Å². The van der Waals surface area contributed by atoms with Crippen LogP contribution in [-0.2, 0) is 6.61 Å². The molecule has 4 aromatic carbocycles. The summed E-state index contributed by atoms with van der Waals surface area (Å²) in [5, 5.41) is 0. The second-order valence-electron chi connectivity index (χ2n) is 9.73. The lowest BCUT2D eigenvalue weighted by atomic mass is 9.94. The molecule has 1 atom stereocenters. The standard InChI is InChI=1S/C32H28N2O2/c1-32(2)18-17-24-19-26(15-16-30(24)36-32)31(34-22-33-28-13-6-7-14-29(28)34)25-11-8-12-27(20-25)35-21-23-9-4-3-5-10-23/h3-20,22,31H,21H2,1-2H3. The van der Waals surface area contributed by atoms with Crippen LogP contribution in [0.4, 0.5) is 0 Å². The van der Waals surface area contributed by atoms with Crippen LogP contribution in [0.2, 0.25) is 0 Å². The summed E-state index contributed by atoms with van der Waals surface area (Å²) in [5.41, 5.74) is 6.27. The van der Waals surface area contributed by atoms with E-state index in [1.54, 1.807) is 0 Å². The van der Waals surface area contributed by atoms with Gasteiger partial charge in [0.2, 0.25) is 0 Å². The van der Waals surface area contributed by atoms with Crippen molar-refractivity contribution in [2.45, 2.75) is 32.1 Å². The molecule has 4 nitrogen and oxygen atoms in total. The first-order valence-corrected chi connectivity index (χ1v) is 12.3. The van der Waals surface area contributed by atoms with Crippen LogP contribution < -0.4 is 9.47 Å². The normalized spacial score (nSPS) is 14.7. The van der Waals surface area contributed by atoms with Gasteiger partial charge < -0.3 is 14.0 Å². The van der Waals surface area contributed by atoms with E-state index in [0.717, 1.165) is 44.8 Å². The summed E-state index contributed by atoms with van der Waals surface area (Å²) in [6, 6.07) is 33.2. The number of fused-ring (bicyclic) bond motifs is 2. The number of aromatic nitrogens is 2. The third kappa shape index (κ3) is 4.38. The highest BCUT2D eigenvalue weighted by atomic mass is 16.5. The molecule has 0 aliphatic carbocycles. The molecule has 0 spiro atoms. The number of para-hydroxylation sites is 2. The number of imidazole rings is 1. The zero-order valence-electron chi connectivity index (χ0n) is 20.5. The van der Waals surface area contributed by atoms with Crippen LogP contribution in [0.1, 0.15) is 42.1 Å². The van der Waals surface area contributed by atoms with E-state index < -0.39 is 0 Å². The van der Waals surface area contributed by atoms with Crippen LogP contribution in [0.3, 0.4) is 0 Å². The monoisotopic (exact) mass is 472 g/mol. The number of benzene rings is 4.